The molecule has 0 spiro atoms. The van der Waals surface area contributed by atoms with Gasteiger partial charge in [0.15, 0.2) is 0 Å². The maximum Gasteiger partial charge on any atom is 0.0345 e. The van der Waals surface area contributed by atoms with E-state index < -0.39 is 0 Å². The fraction of sp³-hybridized carbons (Fsp3) is 0.500. The van der Waals surface area contributed by atoms with Gasteiger partial charge in [0.25, 0.3) is 0 Å². The van der Waals surface area contributed by atoms with Crippen LogP contribution in [0.15, 0.2) is 24.5 Å². The number of aromatic nitrogens is 1. The van der Waals surface area contributed by atoms with Crippen LogP contribution in [0.1, 0.15) is 37.8 Å². The summed E-state index contributed by atoms with van der Waals surface area (Å²) in [6.45, 7) is 6.70. The first kappa shape index (κ1) is 11.3. The van der Waals surface area contributed by atoms with Gasteiger partial charge < -0.3 is 5.73 Å². The lowest BCUT2D eigenvalue weighted by molar-refractivity contribution is 0.318. The molecule has 0 amide bonds. The highest BCUT2D eigenvalue weighted by molar-refractivity contribution is 5.69. The van der Waals surface area contributed by atoms with E-state index >= 15 is 0 Å². The van der Waals surface area contributed by atoms with Crippen LogP contribution in [0.3, 0.4) is 0 Å². The number of aryl methyl sites for hydroxylation is 1. The van der Waals surface area contributed by atoms with Crippen molar-refractivity contribution in [3.05, 3.63) is 35.7 Å². The van der Waals surface area contributed by atoms with Crippen LogP contribution < -0.4 is 5.73 Å². The molecule has 86 valence electrons. The average Bonchev–Trinajstić information content (AvgIpc) is 2.15. The quantitative estimate of drug-likeness (QED) is 0.784. The second-order valence-corrected chi connectivity index (χ2v) is 5.59. The van der Waals surface area contributed by atoms with Gasteiger partial charge in [0.1, 0.15) is 0 Å². The van der Waals surface area contributed by atoms with Crippen molar-refractivity contribution in [3.63, 3.8) is 0 Å². The number of nitrogens with two attached hydrogens (primary N) is 1. The van der Waals surface area contributed by atoms with Gasteiger partial charge in [0.05, 0.1) is 0 Å². The van der Waals surface area contributed by atoms with Crippen molar-refractivity contribution in [1.82, 2.24) is 4.98 Å². The monoisotopic (exact) mass is 216 g/mol. The zero-order valence-corrected chi connectivity index (χ0v) is 10.3. The third kappa shape index (κ3) is 2.33. The van der Waals surface area contributed by atoms with E-state index in [4.69, 9.17) is 5.73 Å². The van der Waals surface area contributed by atoms with Crippen molar-refractivity contribution in [2.45, 2.75) is 39.7 Å². The minimum Gasteiger partial charge on any atom is -0.324 e. The zero-order valence-electron chi connectivity index (χ0n) is 10.3. The van der Waals surface area contributed by atoms with Crippen LogP contribution in [-0.2, 0) is 0 Å². The minimum absolute atomic E-state index is 0.179. The summed E-state index contributed by atoms with van der Waals surface area (Å²) < 4.78 is 0. The number of allylic oxidation sites excluding steroid dienone is 1. The maximum atomic E-state index is 6.09. The summed E-state index contributed by atoms with van der Waals surface area (Å²) in [7, 11) is 0. The zero-order chi connectivity index (χ0) is 11.8. The second kappa shape index (κ2) is 4.02. The molecule has 1 atom stereocenters. The standard InChI is InChI=1S/C14H20N2/c1-10-4-5-16-9-13(10)11-6-12(15)8-14(2,3)7-11/h4-6,9,12H,7-8,15H2,1-3H3. The molecule has 1 heterocycles. The second-order valence-electron chi connectivity index (χ2n) is 5.59. The molecular formula is C14H20N2. The Kier molecular flexibility index (Phi) is 2.85. The maximum absolute atomic E-state index is 6.09. The van der Waals surface area contributed by atoms with E-state index in [1.54, 1.807) is 0 Å². The van der Waals surface area contributed by atoms with Gasteiger partial charge in [0, 0.05) is 18.4 Å². The number of nitrogens with zero attached hydrogens (tertiary/aromatic N) is 1. The van der Waals surface area contributed by atoms with Gasteiger partial charge in [-0.25, -0.2) is 0 Å². The van der Waals surface area contributed by atoms with E-state index in [-0.39, 0.29) is 6.04 Å². The van der Waals surface area contributed by atoms with Crippen molar-refractivity contribution in [2.24, 2.45) is 11.1 Å². The smallest absolute Gasteiger partial charge is 0.0345 e. The summed E-state index contributed by atoms with van der Waals surface area (Å²) in [5, 5.41) is 0. The molecule has 2 rings (SSSR count). The van der Waals surface area contributed by atoms with Crippen molar-refractivity contribution in [2.75, 3.05) is 0 Å². The van der Waals surface area contributed by atoms with Crippen LogP contribution in [0.25, 0.3) is 5.57 Å². The van der Waals surface area contributed by atoms with Crippen LogP contribution in [0.5, 0.6) is 0 Å². The Balaban J connectivity index is 2.38. The summed E-state index contributed by atoms with van der Waals surface area (Å²) in [4.78, 5) is 4.21. The molecule has 1 aliphatic rings. The molecule has 16 heavy (non-hydrogen) atoms. The topological polar surface area (TPSA) is 38.9 Å². The molecule has 0 radical (unpaired) electrons. The third-order valence-corrected chi connectivity index (χ3v) is 3.26. The van der Waals surface area contributed by atoms with Crippen molar-refractivity contribution in [1.29, 1.82) is 0 Å². The molecule has 0 fully saturated rings. The Morgan fingerprint density at radius 3 is 2.81 bits per heavy atom. The van der Waals surface area contributed by atoms with Crippen LogP contribution in [0.4, 0.5) is 0 Å². The molecule has 0 saturated heterocycles. The summed E-state index contributed by atoms with van der Waals surface area (Å²) in [5.74, 6) is 0. The minimum atomic E-state index is 0.179. The highest BCUT2D eigenvalue weighted by Crippen LogP contribution is 2.39. The van der Waals surface area contributed by atoms with E-state index in [1.165, 1.54) is 16.7 Å². The van der Waals surface area contributed by atoms with Crippen LogP contribution in [0, 0.1) is 12.3 Å². The summed E-state index contributed by atoms with van der Waals surface area (Å²) in [5.41, 5.74) is 10.3. The summed E-state index contributed by atoms with van der Waals surface area (Å²) >= 11 is 0. The molecule has 0 aromatic carbocycles. The van der Waals surface area contributed by atoms with Crippen molar-refractivity contribution < 1.29 is 0 Å². The molecule has 1 unspecified atom stereocenters. The molecule has 2 heteroatoms. The highest BCUT2D eigenvalue weighted by Gasteiger charge is 2.27. The van der Waals surface area contributed by atoms with E-state index in [0.717, 1.165) is 12.8 Å². The predicted octanol–water partition coefficient (Wildman–Crippen LogP) is 2.92. The van der Waals surface area contributed by atoms with Gasteiger partial charge in [0.2, 0.25) is 0 Å². The SMILES string of the molecule is Cc1ccncc1C1=CC(N)CC(C)(C)C1. The third-order valence-electron chi connectivity index (χ3n) is 3.26. The molecule has 1 aromatic rings. The number of hydrogen-bond acceptors (Lipinski definition) is 2. The molecule has 0 saturated carbocycles. The lowest BCUT2D eigenvalue weighted by Crippen LogP contribution is -2.30. The van der Waals surface area contributed by atoms with E-state index in [1.807, 2.05) is 12.4 Å². The molecule has 0 bridgehead atoms. The summed E-state index contributed by atoms with van der Waals surface area (Å²) in [6.07, 6.45) is 8.15. The van der Waals surface area contributed by atoms with E-state index in [2.05, 4.69) is 37.9 Å². The van der Waals surface area contributed by atoms with Crippen LogP contribution in [0.2, 0.25) is 0 Å². The number of hydrogen-bond donors (Lipinski definition) is 1. The van der Waals surface area contributed by atoms with Crippen molar-refractivity contribution in [3.8, 4) is 0 Å². The lowest BCUT2D eigenvalue weighted by atomic mass is 9.74. The fourth-order valence-corrected chi connectivity index (χ4v) is 2.59. The molecule has 1 aliphatic carbocycles. The fourth-order valence-electron chi connectivity index (χ4n) is 2.59. The summed E-state index contributed by atoms with van der Waals surface area (Å²) in [6, 6.07) is 2.24. The van der Waals surface area contributed by atoms with Gasteiger partial charge in [-0.2, -0.15) is 0 Å². The van der Waals surface area contributed by atoms with Gasteiger partial charge >= 0.3 is 0 Å². The van der Waals surface area contributed by atoms with E-state index in [9.17, 15) is 0 Å². The first-order valence-corrected chi connectivity index (χ1v) is 5.85. The predicted molar refractivity (Wildman–Crippen MR) is 67.9 cm³/mol. The van der Waals surface area contributed by atoms with Crippen LogP contribution >= 0.6 is 0 Å². The van der Waals surface area contributed by atoms with Gasteiger partial charge in [-0.05, 0) is 47.9 Å². The number of pyridine rings is 1. The van der Waals surface area contributed by atoms with Gasteiger partial charge in [-0.3, -0.25) is 4.98 Å². The normalized spacial score (nSPS) is 24.0. The van der Waals surface area contributed by atoms with Crippen LogP contribution in [-0.4, -0.2) is 11.0 Å². The molecule has 1 aromatic heterocycles. The first-order chi connectivity index (χ1) is 7.48. The molecule has 0 aliphatic heterocycles. The largest absolute Gasteiger partial charge is 0.324 e. The van der Waals surface area contributed by atoms with Gasteiger partial charge in [-0.1, -0.05) is 19.9 Å². The Bertz CT molecular complexity index is 418. The lowest BCUT2D eigenvalue weighted by Gasteiger charge is -2.33. The molecular weight excluding hydrogens is 196 g/mol. The Morgan fingerprint density at radius 1 is 1.44 bits per heavy atom. The average molecular weight is 216 g/mol. The van der Waals surface area contributed by atoms with E-state index in [0.29, 0.717) is 5.41 Å². The Labute approximate surface area is 97.6 Å². The first-order valence-electron chi connectivity index (χ1n) is 5.85. The molecule has 2 nitrogen and oxygen atoms in total. The highest BCUT2D eigenvalue weighted by atomic mass is 14.6. The number of rotatable bonds is 1. The Morgan fingerprint density at radius 2 is 2.19 bits per heavy atom. The Hall–Kier alpha value is -1.15. The molecule has 2 N–H and O–H groups in total. The van der Waals surface area contributed by atoms with Gasteiger partial charge in [-0.15, -0.1) is 0 Å². The van der Waals surface area contributed by atoms with Crippen molar-refractivity contribution >= 4 is 5.57 Å².